The van der Waals surface area contributed by atoms with Gasteiger partial charge >= 0.3 is 0 Å². The molecule has 1 N–H and O–H groups in total. The summed E-state index contributed by atoms with van der Waals surface area (Å²) in [5.41, 5.74) is 0.696. The van der Waals surface area contributed by atoms with Crippen molar-refractivity contribution in [1.82, 2.24) is 0 Å². The highest BCUT2D eigenvalue weighted by Crippen LogP contribution is 2.27. The normalized spacial score (nSPS) is 10.3. The molecule has 2 rings (SSSR count). The van der Waals surface area contributed by atoms with Gasteiger partial charge in [-0.2, -0.15) is 0 Å². The zero-order valence-electron chi connectivity index (χ0n) is 8.86. The van der Waals surface area contributed by atoms with E-state index in [9.17, 15) is 0 Å². The Balaban J connectivity index is 2.19. The maximum atomic E-state index is 9.00. The third-order valence-corrected chi connectivity index (χ3v) is 3.32. The van der Waals surface area contributed by atoms with Crippen LogP contribution >= 0.6 is 34.2 Å². The van der Waals surface area contributed by atoms with E-state index in [-0.39, 0.29) is 6.61 Å². The lowest BCUT2D eigenvalue weighted by Crippen LogP contribution is -1.88. The van der Waals surface area contributed by atoms with E-state index < -0.39 is 0 Å². The van der Waals surface area contributed by atoms with Crippen LogP contribution in [0.2, 0.25) is 5.02 Å². The fraction of sp³-hybridized carbons (Fsp3) is 0.0769. The molecule has 2 aromatic rings. The number of halogens is 2. The zero-order chi connectivity index (χ0) is 12.3. The summed E-state index contributed by atoms with van der Waals surface area (Å²) < 4.78 is 6.80. The average Bonchev–Trinajstić information content (AvgIpc) is 2.32. The molecule has 2 aromatic carbocycles. The van der Waals surface area contributed by atoms with Crippen molar-refractivity contribution in [2.75, 3.05) is 0 Å². The smallest absolute Gasteiger partial charge is 0.128 e. The fourth-order valence-corrected chi connectivity index (χ4v) is 1.95. The Morgan fingerprint density at radius 3 is 2.29 bits per heavy atom. The first-order valence-corrected chi connectivity index (χ1v) is 6.47. The van der Waals surface area contributed by atoms with Gasteiger partial charge in [-0.25, -0.2) is 0 Å². The molecule has 0 aromatic heterocycles. The topological polar surface area (TPSA) is 29.5 Å². The van der Waals surface area contributed by atoms with Crippen LogP contribution in [0.5, 0.6) is 11.5 Å². The first kappa shape index (κ1) is 12.7. The lowest BCUT2D eigenvalue weighted by atomic mass is 10.2. The summed E-state index contributed by atoms with van der Waals surface area (Å²) >= 11 is 8.22. The number of benzene rings is 2. The molecular formula is C13H10ClIO2. The molecule has 0 unspecified atom stereocenters. The second-order valence-electron chi connectivity index (χ2n) is 3.47. The van der Waals surface area contributed by atoms with Gasteiger partial charge in [-0.05, 0) is 64.6 Å². The highest BCUT2D eigenvalue weighted by molar-refractivity contribution is 14.1. The number of ether oxygens (including phenoxy) is 1. The molecule has 4 heteroatoms. The van der Waals surface area contributed by atoms with Crippen molar-refractivity contribution in [3.05, 3.63) is 56.6 Å². The van der Waals surface area contributed by atoms with Crippen molar-refractivity contribution in [2.45, 2.75) is 6.61 Å². The molecule has 0 radical (unpaired) electrons. The molecule has 0 saturated carbocycles. The highest BCUT2D eigenvalue weighted by atomic mass is 127. The van der Waals surface area contributed by atoms with Crippen molar-refractivity contribution in [1.29, 1.82) is 0 Å². The van der Waals surface area contributed by atoms with Gasteiger partial charge in [-0.15, -0.1) is 0 Å². The van der Waals surface area contributed by atoms with Gasteiger partial charge in [0.2, 0.25) is 0 Å². The van der Waals surface area contributed by atoms with Crippen molar-refractivity contribution in [2.24, 2.45) is 0 Å². The minimum Gasteiger partial charge on any atom is -0.457 e. The Hall–Kier alpha value is -0.780. The first-order chi connectivity index (χ1) is 8.19. The zero-order valence-corrected chi connectivity index (χ0v) is 11.8. The summed E-state index contributed by atoms with van der Waals surface area (Å²) in [6.07, 6.45) is 0. The third kappa shape index (κ3) is 3.34. The molecular weight excluding hydrogens is 350 g/mol. The van der Waals surface area contributed by atoms with Gasteiger partial charge in [0, 0.05) is 8.59 Å². The largest absolute Gasteiger partial charge is 0.457 e. The van der Waals surface area contributed by atoms with E-state index in [1.54, 1.807) is 18.2 Å². The third-order valence-electron chi connectivity index (χ3n) is 2.24. The van der Waals surface area contributed by atoms with E-state index in [0.29, 0.717) is 16.3 Å². The maximum Gasteiger partial charge on any atom is 0.128 e. The molecule has 0 amide bonds. The van der Waals surface area contributed by atoms with Crippen LogP contribution < -0.4 is 4.74 Å². The molecule has 0 saturated heterocycles. The quantitative estimate of drug-likeness (QED) is 0.830. The number of hydrogen-bond acceptors (Lipinski definition) is 2. The van der Waals surface area contributed by atoms with Crippen molar-refractivity contribution in [3.63, 3.8) is 0 Å². The minimum atomic E-state index is -0.0668. The molecule has 2 nitrogen and oxygen atoms in total. The molecule has 88 valence electrons. The van der Waals surface area contributed by atoms with Crippen molar-refractivity contribution in [3.8, 4) is 11.5 Å². The second kappa shape index (κ2) is 5.71. The van der Waals surface area contributed by atoms with Crippen LogP contribution in [0.3, 0.4) is 0 Å². The molecule has 0 aliphatic heterocycles. The maximum absolute atomic E-state index is 9.00. The predicted octanol–water partition coefficient (Wildman–Crippen LogP) is 4.23. The van der Waals surface area contributed by atoms with Crippen LogP contribution in [0, 0.1) is 3.57 Å². The van der Waals surface area contributed by atoms with Crippen molar-refractivity contribution >= 4 is 34.2 Å². The lowest BCUT2D eigenvalue weighted by molar-refractivity contribution is 0.282. The van der Waals surface area contributed by atoms with E-state index in [0.717, 1.165) is 9.32 Å². The van der Waals surface area contributed by atoms with E-state index in [2.05, 4.69) is 22.6 Å². The Labute approximate surface area is 118 Å². The molecule has 0 atom stereocenters. The molecule has 0 fully saturated rings. The van der Waals surface area contributed by atoms with Crippen LogP contribution in [0.25, 0.3) is 0 Å². The number of aliphatic hydroxyl groups is 1. The SMILES string of the molecule is OCc1ccc(Oc2ccc(I)cc2)cc1Cl. The summed E-state index contributed by atoms with van der Waals surface area (Å²) in [5.74, 6) is 1.42. The molecule has 0 heterocycles. The number of aliphatic hydroxyl groups excluding tert-OH is 1. The average molecular weight is 361 g/mol. The van der Waals surface area contributed by atoms with Crippen LogP contribution in [0.4, 0.5) is 0 Å². The van der Waals surface area contributed by atoms with E-state index in [1.165, 1.54) is 0 Å². The van der Waals surface area contributed by atoms with Gasteiger partial charge in [-0.1, -0.05) is 17.7 Å². The predicted molar refractivity (Wildman–Crippen MR) is 76.6 cm³/mol. The molecule has 0 spiro atoms. The molecule has 0 aliphatic carbocycles. The Morgan fingerprint density at radius 2 is 1.71 bits per heavy atom. The summed E-state index contributed by atoms with van der Waals surface area (Å²) in [5, 5.41) is 9.51. The summed E-state index contributed by atoms with van der Waals surface area (Å²) in [6, 6.07) is 13.0. The van der Waals surface area contributed by atoms with Crippen LogP contribution in [0.15, 0.2) is 42.5 Å². The minimum absolute atomic E-state index is 0.0668. The number of rotatable bonds is 3. The Kier molecular flexibility index (Phi) is 4.25. The Bertz CT molecular complexity index is 511. The van der Waals surface area contributed by atoms with Crippen LogP contribution in [-0.2, 0) is 6.61 Å². The number of hydrogen-bond donors (Lipinski definition) is 1. The van der Waals surface area contributed by atoms with Gasteiger partial charge < -0.3 is 9.84 Å². The Morgan fingerprint density at radius 1 is 1.06 bits per heavy atom. The molecule has 17 heavy (non-hydrogen) atoms. The lowest BCUT2D eigenvalue weighted by Gasteiger charge is -2.07. The summed E-state index contributed by atoms with van der Waals surface area (Å²) in [4.78, 5) is 0. The van der Waals surface area contributed by atoms with E-state index in [1.807, 2.05) is 24.3 Å². The van der Waals surface area contributed by atoms with Gasteiger partial charge in [0.25, 0.3) is 0 Å². The van der Waals surface area contributed by atoms with Crippen LogP contribution in [0.1, 0.15) is 5.56 Å². The van der Waals surface area contributed by atoms with E-state index in [4.69, 9.17) is 21.4 Å². The molecule has 0 aliphatic rings. The summed E-state index contributed by atoms with van der Waals surface area (Å²) in [7, 11) is 0. The van der Waals surface area contributed by atoms with Gasteiger partial charge in [0.1, 0.15) is 11.5 Å². The summed E-state index contributed by atoms with van der Waals surface area (Å²) in [6.45, 7) is -0.0668. The van der Waals surface area contributed by atoms with Gasteiger partial charge in [0.05, 0.1) is 6.61 Å². The standard InChI is InChI=1S/C13H10ClIO2/c14-13-7-12(4-1-9(13)8-16)17-11-5-2-10(15)3-6-11/h1-7,16H,8H2. The van der Waals surface area contributed by atoms with Gasteiger partial charge in [0.15, 0.2) is 0 Å². The fourth-order valence-electron chi connectivity index (χ4n) is 1.36. The van der Waals surface area contributed by atoms with Gasteiger partial charge in [-0.3, -0.25) is 0 Å². The van der Waals surface area contributed by atoms with Crippen molar-refractivity contribution < 1.29 is 9.84 Å². The first-order valence-electron chi connectivity index (χ1n) is 5.02. The van der Waals surface area contributed by atoms with E-state index >= 15 is 0 Å². The monoisotopic (exact) mass is 360 g/mol. The highest BCUT2D eigenvalue weighted by Gasteiger charge is 2.02. The molecule has 0 bridgehead atoms. The second-order valence-corrected chi connectivity index (χ2v) is 5.12. The van der Waals surface area contributed by atoms with Crippen LogP contribution in [-0.4, -0.2) is 5.11 Å².